The average molecular weight is 303 g/mol. The SMILES string of the molecule is O=C(OCc1ccccc1)N1CCCC(c2noc(=O)[nH]2)C1. The summed E-state index contributed by atoms with van der Waals surface area (Å²) >= 11 is 0. The van der Waals surface area contributed by atoms with Crippen LogP contribution in [0.3, 0.4) is 0 Å². The summed E-state index contributed by atoms with van der Waals surface area (Å²) in [6.45, 7) is 1.37. The average Bonchev–Trinajstić information content (AvgIpc) is 3.00. The lowest BCUT2D eigenvalue weighted by molar-refractivity contribution is 0.0851. The Morgan fingerprint density at radius 3 is 2.95 bits per heavy atom. The fourth-order valence-corrected chi connectivity index (χ4v) is 2.59. The van der Waals surface area contributed by atoms with Crippen LogP contribution in [0.25, 0.3) is 0 Å². The van der Waals surface area contributed by atoms with Gasteiger partial charge in [0.05, 0.1) is 0 Å². The maximum atomic E-state index is 12.1. The fourth-order valence-electron chi connectivity index (χ4n) is 2.59. The van der Waals surface area contributed by atoms with Crippen LogP contribution in [0.15, 0.2) is 39.6 Å². The molecule has 22 heavy (non-hydrogen) atoms. The smallest absolute Gasteiger partial charge is 0.438 e. The van der Waals surface area contributed by atoms with E-state index < -0.39 is 5.76 Å². The monoisotopic (exact) mass is 303 g/mol. The van der Waals surface area contributed by atoms with Gasteiger partial charge in [-0.25, -0.2) is 9.59 Å². The van der Waals surface area contributed by atoms with Gasteiger partial charge in [-0.2, -0.15) is 0 Å². The van der Waals surface area contributed by atoms with Crippen molar-refractivity contribution in [2.45, 2.75) is 25.4 Å². The highest BCUT2D eigenvalue weighted by molar-refractivity contribution is 5.67. The first-order valence-corrected chi connectivity index (χ1v) is 7.24. The van der Waals surface area contributed by atoms with Gasteiger partial charge in [0.2, 0.25) is 0 Å². The number of nitrogens with zero attached hydrogens (tertiary/aromatic N) is 2. The van der Waals surface area contributed by atoms with Crippen molar-refractivity contribution in [3.63, 3.8) is 0 Å². The van der Waals surface area contributed by atoms with Crippen LogP contribution in [0.2, 0.25) is 0 Å². The normalized spacial score (nSPS) is 18.2. The molecule has 0 radical (unpaired) electrons. The molecule has 7 nitrogen and oxygen atoms in total. The van der Waals surface area contributed by atoms with E-state index >= 15 is 0 Å². The summed E-state index contributed by atoms with van der Waals surface area (Å²) in [7, 11) is 0. The third kappa shape index (κ3) is 3.36. The molecule has 2 heterocycles. The van der Waals surface area contributed by atoms with E-state index in [1.807, 2.05) is 30.3 Å². The zero-order chi connectivity index (χ0) is 15.4. The minimum absolute atomic E-state index is 0.0236. The molecule has 7 heteroatoms. The molecule has 0 aliphatic carbocycles. The van der Waals surface area contributed by atoms with Crippen LogP contribution >= 0.6 is 0 Å². The number of amides is 1. The van der Waals surface area contributed by atoms with E-state index in [1.165, 1.54) is 0 Å². The summed E-state index contributed by atoms with van der Waals surface area (Å²) in [5.74, 6) is -0.103. The maximum absolute atomic E-state index is 12.1. The predicted molar refractivity (Wildman–Crippen MR) is 77.3 cm³/mol. The molecule has 1 amide bonds. The fraction of sp³-hybridized carbons (Fsp3) is 0.400. The molecule has 1 aliphatic rings. The van der Waals surface area contributed by atoms with E-state index in [1.54, 1.807) is 4.90 Å². The Kier molecular flexibility index (Phi) is 4.22. The lowest BCUT2D eigenvalue weighted by Gasteiger charge is -2.30. The van der Waals surface area contributed by atoms with Crippen molar-refractivity contribution in [2.75, 3.05) is 13.1 Å². The molecular weight excluding hydrogens is 286 g/mol. The lowest BCUT2D eigenvalue weighted by atomic mass is 9.98. The summed E-state index contributed by atoms with van der Waals surface area (Å²) in [5.41, 5.74) is 0.949. The number of ether oxygens (including phenoxy) is 1. The molecule has 1 aliphatic heterocycles. The van der Waals surface area contributed by atoms with E-state index in [-0.39, 0.29) is 18.6 Å². The van der Waals surface area contributed by atoms with Gasteiger partial charge in [-0.1, -0.05) is 35.5 Å². The van der Waals surface area contributed by atoms with Gasteiger partial charge in [-0.15, -0.1) is 0 Å². The Balaban J connectivity index is 1.57. The quantitative estimate of drug-likeness (QED) is 0.935. The molecule has 1 saturated heterocycles. The summed E-state index contributed by atoms with van der Waals surface area (Å²) in [6.07, 6.45) is 1.34. The van der Waals surface area contributed by atoms with Crippen molar-refractivity contribution in [1.29, 1.82) is 0 Å². The van der Waals surface area contributed by atoms with Crippen molar-refractivity contribution in [1.82, 2.24) is 15.0 Å². The Bertz CT molecular complexity index is 679. The first kappa shape index (κ1) is 14.4. The van der Waals surface area contributed by atoms with Gasteiger partial charge in [0.25, 0.3) is 0 Å². The van der Waals surface area contributed by atoms with Crippen LogP contribution < -0.4 is 5.76 Å². The van der Waals surface area contributed by atoms with E-state index in [4.69, 9.17) is 4.74 Å². The van der Waals surface area contributed by atoms with E-state index in [9.17, 15) is 9.59 Å². The van der Waals surface area contributed by atoms with Crippen molar-refractivity contribution >= 4 is 6.09 Å². The number of carbonyl (C=O) groups excluding carboxylic acids is 1. The molecule has 0 saturated carbocycles. The molecule has 1 aromatic carbocycles. The van der Waals surface area contributed by atoms with Crippen molar-refractivity contribution in [3.05, 3.63) is 52.3 Å². The third-order valence-corrected chi connectivity index (χ3v) is 3.73. The van der Waals surface area contributed by atoms with E-state index in [2.05, 4.69) is 14.7 Å². The number of piperidine rings is 1. The molecule has 116 valence electrons. The van der Waals surface area contributed by atoms with Crippen molar-refractivity contribution in [2.24, 2.45) is 0 Å². The summed E-state index contributed by atoms with van der Waals surface area (Å²) in [5, 5.41) is 3.70. The molecule has 1 aromatic heterocycles. The van der Waals surface area contributed by atoms with Crippen LogP contribution in [0.4, 0.5) is 4.79 Å². The van der Waals surface area contributed by atoms with Crippen LogP contribution in [0.1, 0.15) is 30.1 Å². The number of hydrogen-bond donors (Lipinski definition) is 1. The van der Waals surface area contributed by atoms with Gasteiger partial charge in [-0.3, -0.25) is 9.51 Å². The van der Waals surface area contributed by atoms with Crippen LogP contribution in [0.5, 0.6) is 0 Å². The zero-order valence-electron chi connectivity index (χ0n) is 12.0. The molecule has 1 N–H and O–H groups in total. The number of carbonyl (C=O) groups is 1. The molecular formula is C15H17N3O4. The number of aromatic nitrogens is 2. The standard InChI is InChI=1S/C15H17N3O4/c19-14-16-13(17-22-14)12-7-4-8-18(9-12)15(20)21-10-11-5-2-1-3-6-11/h1-3,5-6,12H,4,7-10H2,(H,16,17,19). The lowest BCUT2D eigenvalue weighted by Crippen LogP contribution is -2.39. The number of rotatable bonds is 3. The summed E-state index contributed by atoms with van der Waals surface area (Å²) in [6, 6.07) is 9.54. The first-order valence-electron chi connectivity index (χ1n) is 7.24. The van der Waals surface area contributed by atoms with Gasteiger partial charge in [-0.05, 0) is 18.4 Å². The van der Waals surface area contributed by atoms with Crippen molar-refractivity contribution < 1.29 is 14.1 Å². The van der Waals surface area contributed by atoms with Gasteiger partial charge in [0.1, 0.15) is 6.61 Å². The van der Waals surface area contributed by atoms with Gasteiger partial charge >= 0.3 is 11.8 Å². The molecule has 3 rings (SSSR count). The first-order chi connectivity index (χ1) is 10.7. The Morgan fingerprint density at radius 2 is 2.23 bits per heavy atom. The molecule has 0 bridgehead atoms. The van der Waals surface area contributed by atoms with E-state index in [0.717, 1.165) is 18.4 Å². The van der Waals surface area contributed by atoms with Gasteiger partial charge < -0.3 is 9.64 Å². The number of H-pyrrole nitrogens is 1. The highest BCUT2D eigenvalue weighted by Gasteiger charge is 2.28. The minimum atomic E-state index is -0.571. The molecule has 0 spiro atoms. The predicted octanol–water partition coefficient (Wildman–Crippen LogP) is 1.88. The van der Waals surface area contributed by atoms with Crippen LogP contribution in [-0.4, -0.2) is 34.2 Å². The number of aromatic amines is 1. The van der Waals surface area contributed by atoms with Gasteiger partial charge in [0, 0.05) is 19.0 Å². The number of likely N-dealkylation sites (tertiary alicyclic amines) is 1. The second-order valence-electron chi connectivity index (χ2n) is 5.31. The maximum Gasteiger partial charge on any atom is 0.438 e. The van der Waals surface area contributed by atoms with Crippen molar-refractivity contribution in [3.8, 4) is 0 Å². The second kappa shape index (κ2) is 6.46. The molecule has 1 atom stereocenters. The number of benzene rings is 1. The van der Waals surface area contributed by atoms with Gasteiger partial charge in [0.15, 0.2) is 5.82 Å². The van der Waals surface area contributed by atoms with Crippen LogP contribution in [0, 0.1) is 0 Å². The third-order valence-electron chi connectivity index (χ3n) is 3.73. The largest absolute Gasteiger partial charge is 0.445 e. The topological polar surface area (TPSA) is 88.4 Å². The molecule has 1 unspecified atom stereocenters. The Hall–Kier alpha value is -2.57. The highest BCUT2D eigenvalue weighted by atomic mass is 16.6. The Labute approximate surface area is 126 Å². The number of nitrogens with one attached hydrogen (secondary N) is 1. The zero-order valence-corrected chi connectivity index (χ0v) is 12.0. The number of hydrogen-bond acceptors (Lipinski definition) is 5. The minimum Gasteiger partial charge on any atom is -0.445 e. The van der Waals surface area contributed by atoms with Crippen LogP contribution in [-0.2, 0) is 11.3 Å². The summed E-state index contributed by atoms with van der Waals surface area (Å²) in [4.78, 5) is 27.4. The Morgan fingerprint density at radius 1 is 1.41 bits per heavy atom. The highest BCUT2D eigenvalue weighted by Crippen LogP contribution is 2.24. The summed E-state index contributed by atoms with van der Waals surface area (Å²) < 4.78 is 9.85. The molecule has 2 aromatic rings. The molecule has 1 fully saturated rings. The second-order valence-corrected chi connectivity index (χ2v) is 5.31. The van der Waals surface area contributed by atoms with E-state index in [0.29, 0.717) is 18.9 Å².